The van der Waals surface area contributed by atoms with Gasteiger partial charge in [0.25, 0.3) is 0 Å². The third kappa shape index (κ3) is 7.22. The quantitative estimate of drug-likeness (QED) is 0.628. The fourth-order valence-electron chi connectivity index (χ4n) is 2.01. The highest BCUT2D eigenvalue weighted by molar-refractivity contribution is 9.10. The molecule has 0 saturated heterocycles. The van der Waals surface area contributed by atoms with Crippen molar-refractivity contribution in [1.82, 2.24) is 0 Å². The van der Waals surface area contributed by atoms with Crippen LogP contribution in [0.25, 0.3) is 0 Å². The van der Waals surface area contributed by atoms with Gasteiger partial charge in [0.2, 0.25) is 0 Å². The maximum Gasteiger partial charge on any atom is 0.0285 e. The van der Waals surface area contributed by atoms with E-state index in [1.54, 1.807) is 11.3 Å². The van der Waals surface area contributed by atoms with Crippen LogP contribution in [0.4, 0.5) is 0 Å². The van der Waals surface area contributed by atoms with E-state index in [0.29, 0.717) is 6.04 Å². The molecule has 1 rings (SSSR count). The molecule has 1 aromatic heterocycles. The first kappa shape index (κ1) is 15.2. The van der Waals surface area contributed by atoms with Gasteiger partial charge in [0.05, 0.1) is 0 Å². The zero-order chi connectivity index (χ0) is 12.5. The summed E-state index contributed by atoms with van der Waals surface area (Å²) in [5, 5.41) is 2.13. The molecule has 1 unspecified atom stereocenters. The Morgan fingerprint density at radius 1 is 1.24 bits per heavy atom. The zero-order valence-electron chi connectivity index (χ0n) is 10.8. The van der Waals surface area contributed by atoms with Crippen LogP contribution >= 0.6 is 27.3 Å². The van der Waals surface area contributed by atoms with Gasteiger partial charge in [-0.25, -0.2) is 0 Å². The monoisotopic (exact) mass is 317 g/mol. The fraction of sp³-hybridized carbons (Fsp3) is 0.714. The number of hydrogen-bond donors (Lipinski definition) is 1. The lowest BCUT2D eigenvalue weighted by atomic mass is 10.0. The summed E-state index contributed by atoms with van der Waals surface area (Å²) in [4.78, 5) is 1.40. The first-order valence-corrected chi connectivity index (χ1v) is 8.38. The highest BCUT2D eigenvalue weighted by Crippen LogP contribution is 2.21. The van der Waals surface area contributed by atoms with E-state index in [1.165, 1.54) is 54.3 Å². The van der Waals surface area contributed by atoms with Crippen LogP contribution in [0.15, 0.2) is 15.9 Å². The smallest absolute Gasteiger partial charge is 0.0285 e. The second-order valence-electron chi connectivity index (χ2n) is 4.75. The molecule has 1 heterocycles. The number of unbranched alkanes of at least 4 members (excludes halogenated alkanes) is 5. The predicted molar refractivity (Wildman–Crippen MR) is 81.7 cm³/mol. The maximum absolute atomic E-state index is 6.15. The molecule has 0 fully saturated rings. The van der Waals surface area contributed by atoms with E-state index < -0.39 is 0 Å². The van der Waals surface area contributed by atoms with Crippen molar-refractivity contribution in [2.24, 2.45) is 5.73 Å². The topological polar surface area (TPSA) is 26.0 Å². The van der Waals surface area contributed by atoms with Gasteiger partial charge in [-0.15, -0.1) is 11.3 Å². The maximum atomic E-state index is 6.15. The van der Waals surface area contributed by atoms with Crippen molar-refractivity contribution in [3.63, 3.8) is 0 Å². The van der Waals surface area contributed by atoms with Crippen LogP contribution in [0.5, 0.6) is 0 Å². The van der Waals surface area contributed by atoms with E-state index >= 15 is 0 Å². The SMILES string of the molecule is CCCCCCCCC(N)Cc1cc(Br)cs1. The van der Waals surface area contributed by atoms with Gasteiger partial charge in [0.15, 0.2) is 0 Å². The standard InChI is InChI=1S/C14H24BrNS/c1-2-3-4-5-6-7-8-13(16)10-14-9-12(15)11-17-14/h9,11,13H,2-8,10,16H2,1H3. The molecule has 0 amide bonds. The lowest BCUT2D eigenvalue weighted by molar-refractivity contribution is 0.534. The summed E-state index contributed by atoms with van der Waals surface area (Å²) in [6, 6.07) is 2.53. The summed E-state index contributed by atoms with van der Waals surface area (Å²) in [6.07, 6.45) is 10.3. The van der Waals surface area contributed by atoms with Gasteiger partial charge in [-0.05, 0) is 34.8 Å². The molecule has 0 bridgehead atoms. The van der Waals surface area contributed by atoms with Gasteiger partial charge in [-0.3, -0.25) is 0 Å². The first-order chi connectivity index (χ1) is 8.22. The Hall–Kier alpha value is 0.140. The Morgan fingerprint density at radius 2 is 1.94 bits per heavy atom. The summed E-state index contributed by atoms with van der Waals surface area (Å²) in [5.74, 6) is 0. The van der Waals surface area contributed by atoms with Gasteiger partial charge >= 0.3 is 0 Å². The van der Waals surface area contributed by atoms with E-state index in [2.05, 4.69) is 34.3 Å². The second-order valence-corrected chi connectivity index (χ2v) is 6.66. The molecule has 0 saturated carbocycles. The molecule has 0 radical (unpaired) electrons. The van der Waals surface area contributed by atoms with Crippen molar-refractivity contribution in [3.05, 3.63) is 20.8 Å². The van der Waals surface area contributed by atoms with Crippen molar-refractivity contribution in [2.45, 2.75) is 64.3 Å². The van der Waals surface area contributed by atoms with Crippen molar-refractivity contribution in [2.75, 3.05) is 0 Å². The summed E-state index contributed by atoms with van der Waals surface area (Å²) in [6.45, 7) is 2.26. The van der Waals surface area contributed by atoms with Crippen LogP contribution in [0.1, 0.15) is 56.7 Å². The molecule has 0 aliphatic carbocycles. The van der Waals surface area contributed by atoms with Gasteiger partial charge < -0.3 is 5.73 Å². The van der Waals surface area contributed by atoms with E-state index in [0.717, 1.165) is 6.42 Å². The minimum absolute atomic E-state index is 0.340. The Balaban J connectivity index is 2.03. The molecule has 3 heteroatoms. The van der Waals surface area contributed by atoms with E-state index in [9.17, 15) is 0 Å². The Morgan fingerprint density at radius 3 is 2.59 bits per heavy atom. The minimum Gasteiger partial charge on any atom is -0.327 e. The number of rotatable bonds is 9. The molecule has 17 heavy (non-hydrogen) atoms. The molecular weight excluding hydrogens is 294 g/mol. The molecule has 0 spiro atoms. The van der Waals surface area contributed by atoms with Crippen LogP contribution in [0.3, 0.4) is 0 Å². The Kier molecular flexibility index (Phi) is 8.15. The molecule has 0 aliphatic heterocycles. The zero-order valence-corrected chi connectivity index (χ0v) is 13.2. The third-order valence-electron chi connectivity index (χ3n) is 3.01. The molecule has 1 atom stereocenters. The van der Waals surface area contributed by atoms with Crippen molar-refractivity contribution in [1.29, 1.82) is 0 Å². The van der Waals surface area contributed by atoms with Crippen molar-refractivity contribution in [3.8, 4) is 0 Å². The lowest BCUT2D eigenvalue weighted by Crippen LogP contribution is -2.22. The molecule has 2 N–H and O–H groups in total. The molecule has 1 aromatic rings. The lowest BCUT2D eigenvalue weighted by Gasteiger charge is -2.09. The first-order valence-electron chi connectivity index (χ1n) is 6.71. The van der Waals surface area contributed by atoms with Gasteiger partial charge in [0, 0.05) is 20.8 Å². The van der Waals surface area contributed by atoms with Crippen LogP contribution in [0.2, 0.25) is 0 Å². The molecule has 1 nitrogen and oxygen atoms in total. The normalized spacial score (nSPS) is 12.9. The minimum atomic E-state index is 0.340. The molecule has 98 valence electrons. The Labute approximate surface area is 118 Å². The number of halogens is 1. The van der Waals surface area contributed by atoms with Crippen LogP contribution in [-0.4, -0.2) is 6.04 Å². The van der Waals surface area contributed by atoms with E-state index in [1.807, 2.05) is 0 Å². The van der Waals surface area contributed by atoms with Crippen molar-refractivity contribution >= 4 is 27.3 Å². The van der Waals surface area contributed by atoms with E-state index in [-0.39, 0.29) is 0 Å². The molecular formula is C14H24BrNS. The van der Waals surface area contributed by atoms with Gasteiger partial charge in [-0.1, -0.05) is 45.4 Å². The van der Waals surface area contributed by atoms with Crippen molar-refractivity contribution < 1.29 is 0 Å². The molecule has 0 aliphatic rings. The summed E-state index contributed by atoms with van der Waals surface area (Å²) in [7, 11) is 0. The van der Waals surface area contributed by atoms with Crippen LogP contribution < -0.4 is 5.73 Å². The largest absolute Gasteiger partial charge is 0.327 e. The van der Waals surface area contributed by atoms with Crippen LogP contribution in [-0.2, 0) is 6.42 Å². The number of hydrogen-bond acceptors (Lipinski definition) is 2. The Bertz CT molecular complexity index is 298. The van der Waals surface area contributed by atoms with Gasteiger partial charge in [-0.2, -0.15) is 0 Å². The highest BCUT2D eigenvalue weighted by Gasteiger charge is 2.05. The summed E-state index contributed by atoms with van der Waals surface area (Å²) in [5.41, 5.74) is 6.15. The average Bonchev–Trinajstić information content (AvgIpc) is 2.69. The van der Waals surface area contributed by atoms with Crippen LogP contribution in [0, 0.1) is 0 Å². The molecule has 0 aromatic carbocycles. The fourth-order valence-corrected chi connectivity index (χ4v) is 3.55. The average molecular weight is 318 g/mol. The number of nitrogens with two attached hydrogens (primary N) is 1. The third-order valence-corrected chi connectivity index (χ3v) is 4.73. The van der Waals surface area contributed by atoms with E-state index in [4.69, 9.17) is 5.73 Å². The highest BCUT2D eigenvalue weighted by atomic mass is 79.9. The number of thiophene rings is 1. The predicted octanol–water partition coefficient (Wildman–Crippen LogP) is 5.13. The second kappa shape index (κ2) is 9.12. The van der Waals surface area contributed by atoms with Gasteiger partial charge in [0.1, 0.15) is 0 Å². The summed E-state index contributed by atoms with van der Waals surface area (Å²) < 4.78 is 1.18. The summed E-state index contributed by atoms with van der Waals surface area (Å²) >= 11 is 5.28.